The molecule has 3 rings (SSSR count). The molecule has 1 aromatic rings. The summed E-state index contributed by atoms with van der Waals surface area (Å²) in [4.78, 5) is 4.51. The third-order valence-electron chi connectivity index (χ3n) is 4.68. The van der Waals surface area contributed by atoms with E-state index >= 15 is 0 Å². The van der Waals surface area contributed by atoms with E-state index in [1.54, 1.807) is 6.33 Å². The fraction of sp³-hybridized carbons (Fsp3) is 0.867. The number of aromatic nitrogens is 3. The summed E-state index contributed by atoms with van der Waals surface area (Å²) in [6.07, 6.45) is 11.0. The summed E-state index contributed by atoms with van der Waals surface area (Å²) in [5, 5.41) is 8.12. The topological polar surface area (TPSA) is 42.7 Å². The molecule has 4 heteroatoms. The molecule has 0 atom stereocenters. The van der Waals surface area contributed by atoms with Crippen LogP contribution in [0.1, 0.15) is 64.2 Å². The van der Waals surface area contributed by atoms with E-state index in [1.807, 2.05) is 0 Å². The minimum absolute atomic E-state index is 0.410. The van der Waals surface area contributed by atoms with Gasteiger partial charge in [0.1, 0.15) is 12.2 Å². The van der Waals surface area contributed by atoms with Crippen LogP contribution in [-0.4, -0.2) is 27.4 Å². The van der Waals surface area contributed by atoms with Crippen molar-refractivity contribution >= 4 is 0 Å². The lowest BCUT2D eigenvalue weighted by Gasteiger charge is -2.29. The van der Waals surface area contributed by atoms with E-state index in [4.69, 9.17) is 0 Å². The van der Waals surface area contributed by atoms with E-state index in [0.29, 0.717) is 11.5 Å². The third-order valence-corrected chi connectivity index (χ3v) is 4.68. The normalized spacial score (nSPS) is 22.3. The predicted molar refractivity (Wildman–Crippen MR) is 76.0 cm³/mol. The molecule has 106 valence electrons. The first-order valence-electron chi connectivity index (χ1n) is 7.80. The highest BCUT2D eigenvalue weighted by Crippen LogP contribution is 2.41. The minimum Gasteiger partial charge on any atom is -0.313 e. The molecule has 0 saturated heterocycles. The van der Waals surface area contributed by atoms with E-state index in [2.05, 4.69) is 33.9 Å². The molecule has 19 heavy (non-hydrogen) atoms. The summed E-state index contributed by atoms with van der Waals surface area (Å²) in [7, 11) is 0. The Morgan fingerprint density at radius 3 is 2.74 bits per heavy atom. The second-order valence-electron chi connectivity index (χ2n) is 6.75. The van der Waals surface area contributed by atoms with Crippen molar-refractivity contribution in [3.05, 3.63) is 12.2 Å². The van der Waals surface area contributed by atoms with Crippen molar-refractivity contribution in [2.24, 2.45) is 5.41 Å². The van der Waals surface area contributed by atoms with Crippen LogP contribution in [0.15, 0.2) is 6.33 Å². The lowest BCUT2D eigenvalue weighted by Crippen LogP contribution is -2.36. The summed E-state index contributed by atoms with van der Waals surface area (Å²) in [6, 6.07) is 1.22. The van der Waals surface area contributed by atoms with Crippen LogP contribution in [-0.2, 0) is 6.42 Å². The zero-order chi connectivity index (χ0) is 13.3. The van der Waals surface area contributed by atoms with Crippen LogP contribution in [0.2, 0.25) is 0 Å². The first-order chi connectivity index (χ1) is 9.19. The van der Waals surface area contributed by atoms with Crippen molar-refractivity contribution in [3.63, 3.8) is 0 Å². The monoisotopic (exact) mass is 262 g/mol. The van der Waals surface area contributed by atoms with Gasteiger partial charge in [0.25, 0.3) is 0 Å². The Morgan fingerprint density at radius 2 is 2.11 bits per heavy atom. The Morgan fingerprint density at radius 1 is 1.37 bits per heavy atom. The Kier molecular flexibility index (Phi) is 3.61. The van der Waals surface area contributed by atoms with E-state index in [1.165, 1.54) is 50.9 Å². The number of hydrogen-bond acceptors (Lipinski definition) is 3. The second kappa shape index (κ2) is 5.23. The van der Waals surface area contributed by atoms with E-state index < -0.39 is 0 Å². The lowest BCUT2D eigenvalue weighted by molar-refractivity contribution is 0.264. The van der Waals surface area contributed by atoms with Gasteiger partial charge in [-0.2, -0.15) is 5.10 Å². The van der Waals surface area contributed by atoms with Crippen LogP contribution in [0, 0.1) is 5.41 Å². The standard InChI is InChI=1S/C15H26N4/c1-12(2)19-14(17-11-18-19)9-15(7-3-4-8-15)10-16-13-5-6-13/h11-13,16H,3-10H2,1-2H3. The first-order valence-corrected chi connectivity index (χ1v) is 7.80. The van der Waals surface area contributed by atoms with Gasteiger partial charge in [-0.3, -0.25) is 0 Å². The number of rotatable bonds is 6. The van der Waals surface area contributed by atoms with Crippen LogP contribution in [0.3, 0.4) is 0 Å². The van der Waals surface area contributed by atoms with Crippen molar-refractivity contribution in [2.45, 2.75) is 70.9 Å². The SMILES string of the molecule is CC(C)n1ncnc1CC1(CNC2CC2)CCCC1. The van der Waals surface area contributed by atoms with Crippen LogP contribution in [0.25, 0.3) is 0 Å². The summed E-state index contributed by atoms with van der Waals surface area (Å²) in [5.74, 6) is 1.18. The summed E-state index contributed by atoms with van der Waals surface area (Å²) < 4.78 is 2.09. The predicted octanol–water partition coefficient (Wildman–Crippen LogP) is 2.71. The Labute approximate surface area is 116 Å². The molecule has 2 fully saturated rings. The summed E-state index contributed by atoms with van der Waals surface area (Å²) in [5.41, 5.74) is 0.433. The molecule has 0 amide bonds. The molecule has 2 aliphatic carbocycles. The third kappa shape index (κ3) is 2.99. The van der Waals surface area contributed by atoms with Gasteiger partial charge in [0.15, 0.2) is 0 Å². The van der Waals surface area contributed by atoms with Crippen LogP contribution < -0.4 is 5.32 Å². The van der Waals surface area contributed by atoms with Crippen molar-refractivity contribution in [1.82, 2.24) is 20.1 Å². The number of nitrogens with one attached hydrogen (secondary N) is 1. The van der Waals surface area contributed by atoms with Crippen LogP contribution in [0.5, 0.6) is 0 Å². The first kappa shape index (κ1) is 13.1. The van der Waals surface area contributed by atoms with Crippen LogP contribution in [0.4, 0.5) is 0 Å². The second-order valence-corrected chi connectivity index (χ2v) is 6.75. The largest absolute Gasteiger partial charge is 0.313 e. The molecule has 0 radical (unpaired) electrons. The molecule has 0 aromatic carbocycles. The Hall–Kier alpha value is -0.900. The number of hydrogen-bond donors (Lipinski definition) is 1. The fourth-order valence-electron chi connectivity index (χ4n) is 3.36. The smallest absolute Gasteiger partial charge is 0.138 e. The highest BCUT2D eigenvalue weighted by molar-refractivity contribution is 4.99. The van der Waals surface area contributed by atoms with Gasteiger partial charge in [0.2, 0.25) is 0 Å². The number of nitrogens with zero attached hydrogens (tertiary/aromatic N) is 3. The highest BCUT2D eigenvalue weighted by atomic mass is 15.3. The highest BCUT2D eigenvalue weighted by Gasteiger charge is 2.37. The van der Waals surface area contributed by atoms with Gasteiger partial charge >= 0.3 is 0 Å². The van der Waals surface area contributed by atoms with E-state index in [-0.39, 0.29) is 0 Å². The molecular weight excluding hydrogens is 236 g/mol. The minimum atomic E-state index is 0.410. The lowest BCUT2D eigenvalue weighted by atomic mass is 9.82. The summed E-state index contributed by atoms with van der Waals surface area (Å²) >= 11 is 0. The molecule has 1 heterocycles. The van der Waals surface area contributed by atoms with Gasteiger partial charge in [-0.05, 0) is 44.9 Å². The fourth-order valence-corrected chi connectivity index (χ4v) is 3.36. The maximum absolute atomic E-state index is 4.51. The van der Waals surface area contributed by atoms with E-state index in [9.17, 15) is 0 Å². The maximum atomic E-state index is 4.51. The zero-order valence-electron chi connectivity index (χ0n) is 12.2. The van der Waals surface area contributed by atoms with Crippen molar-refractivity contribution < 1.29 is 0 Å². The van der Waals surface area contributed by atoms with E-state index in [0.717, 1.165) is 12.5 Å². The van der Waals surface area contributed by atoms with Crippen molar-refractivity contribution in [3.8, 4) is 0 Å². The quantitative estimate of drug-likeness (QED) is 0.857. The molecule has 0 unspecified atom stereocenters. The van der Waals surface area contributed by atoms with Crippen molar-refractivity contribution in [1.29, 1.82) is 0 Å². The van der Waals surface area contributed by atoms with Gasteiger partial charge in [-0.1, -0.05) is 12.8 Å². The molecule has 2 aliphatic rings. The molecule has 0 spiro atoms. The maximum Gasteiger partial charge on any atom is 0.138 e. The van der Waals surface area contributed by atoms with Gasteiger partial charge in [0, 0.05) is 25.0 Å². The Bertz CT molecular complexity index is 414. The average Bonchev–Trinajstić information content (AvgIpc) is 2.91. The van der Waals surface area contributed by atoms with Crippen LogP contribution >= 0.6 is 0 Å². The van der Waals surface area contributed by atoms with Gasteiger partial charge in [-0.15, -0.1) is 0 Å². The van der Waals surface area contributed by atoms with Gasteiger partial charge < -0.3 is 5.32 Å². The van der Waals surface area contributed by atoms with Gasteiger partial charge in [0.05, 0.1) is 0 Å². The molecule has 4 nitrogen and oxygen atoms in total. The van der Waals surface area contributed by atoms with Crippen molar-refractivity contribution in [2.75, 3.05) is 6.54 Å². The molecule has 2 saturated carbocycles. The molecule has 0 bridgehead atoms. The molecule has 1 N–H and O–H groups in total. The molecule has 0 aliphatic heterocycles. The average molecular weight is 262 g/mol. The summed E-state index contributed by atoms with van der Waals surface area (Å²) in [6.45, 7) is 5.53. The Balaban J connectivity index is 1.70. The van der Waals surface area contributed by atoms with Gasteiger partial charge in [-0.25, -0.2) is 9.67 Å². The zero-order valence-corrected chi connectivity index (χ0v) is 12.2. The molecular formula is C15H26N4. The molecule has 1 aromatic heterocycles.